The van der Waals surface area contributed by atoms with E-state index >= 15 is 0 Å². The third-order valence-corrected chi connectivity index (χ3v) is 4.16. The Bertz CT molecular complexity index is 852. The number of rotatable bonds is 6. The Morgan fingerprint density at radius 2 is 1.73 bits per heavy atom. The second-order valence-corrected chi connectivity index (χ2v) is 5.86. The Kier molecular flexibility index (Phi) is 5.22. The summed E-state index contributed by atoms with van der Waals surface area (Å²) in [5, 5.41) is 3.00. The van der Waals surface area contributed by atoms with E-state index in [1.165, 1.54) is 0 Å². The molecule has 1 N–H and O–H groups in total. The fraction of sp³-hybridized carbons (Fsp3) is 0.200. The minimum absolute atomic E-state index is 0.142. The summed E-state index contributed by atoms with van der Waals surface area (Å²) in [4.78, 5) is 16.6. The highest BCUT2D eigenvalue weighted by Crippen LogP contribution is 2.23. The Hall–Kier alpha value is -3.28. The number of aromatic nitrogens is 2. The molecular formula is C20H21N3O3. The van der Waals surface area contributed by atoms with Crippen molar-refractivity contribution < 1.29 is 14.3 Å². The van der Waals surface area contributed by atoms with E-state index in [1.54, 1.807) is 44.9 Å². The highest BCUT2D eigenvalue weighted by Gasteiger charge is 2.14. The molecule has 0 fully saturated rings. The molecule has 26 heavy (non-hydrogen) atoms. The molecule has 2 aromatic carbocycles. The van der Waals surface area contributed by atoms with E-state index in [0.29, 0.717) is 17.1 Å². The van der Waals surface area contributed by atoms with Crippen LogP contribution in [0.1, 0.15) is 28.9 Å². The zero-order valence-corrected chi connectivity index (χ0v) is 15.0. The summed E-state index contributed by atoms with van der Waals surface area (Å²) >= 11 is 0. The Labute approximate surface area is 152 Å². The van der Waals surface area contributed by atoms with Crippen LogP contribution in [-0.2, 0) is 0 Å². The quantitative estimate of drug-likeness (QED) is 0.739. The molecule has 6 nitrogen and oxygen atoms in total. The predicted octanol–water partition coefficient (Wildman–Crippen LogP) is 3.38. The zero-order valence-electron chi connectivity index (χ0n) is 15.0. The van der Waals surface area contributed by atoms with Gasteiger partial charge in [0.1, 0.15) is 11.5 Å². The van der Waals surface area contributed by atoms with E-state index in [0.717, 1.165) is 11.3 Å². The Morgan fingerprint density at radius 1 is 1.08 bits per heavy atom. The second-order valence-electron chi connectivity index (χ2n) is 5.86. The molecule has 1 amide bonds. The van der Waals surface area contributed by atoms with Gasteiger partial charge in [-0.2, -0.15) is 0 Å². The lowest BCUT2D eigenvalue weighted by Gasteiger charge is -2.16. The van der Waals surface area contributed by atoms with E-state index in [9.17, 15) is 4.79 Å². The lowest BCUT2D eigenvalue weighted by molar-refractivity contribution is 0.0939. The first-order chi connectivity index (χ1) is 12.6. The van der Waals surface area contributed by atoms with Crippen molar-refractivity contribution in [1.82, 2.24) is 14.9 Å². The topological polar surface area (TPSA) is 65.4 Å². The molecule has 0 spiro atoms. The number of hydrogen-bond donors (Lipinski definition) is 1. The van der Waals surface area contributed by atoms with E-state index in [4.69, 9.17) is 9.47 Å². The zero-order chi connectivity index (χ0) is 18.5. The minimum atomic E-state index is -0.187. The lowest BCUT2D eigenvalue weighted by atomic mass is 10.1. The van der Waals surface area contributed by atoms with E-state index in [-0.39, 0.29) is 11.9 Å². The molecule has 0 aliphatic carbocycles. The summed E-state index contributed by atoms with van der Waals surface area (Å²) in [6.45, 7) is 1.95. The van der Waals surface area contributed by atoms with Crippen molar-refractivity contribution in [3.05, 3.63) is 72.3 Å². The first-order valence-electron chi connectivity index (χ1n) is 8.23. The van der Waals surface area contributed by atoms with Crippen LogP contribution in [0.4, 0.5) is 0 Å². The fourth-order valence-corrected chi connectivity index (χ4v) is 2.65. The molecule has 0 aliphatic rings. The maximum Gasteiger partial charge on any atom is 0.252 e. The van der Waals surface area contributed by atoms with Crippen LogP contribution in [0.3, 0.4) is 0 Å². The minimum Gasteiger partial charge on any atom is -0.497 e. The molecule has 0 saturated carbocycles. The third-order valence-electron chi connectivity index (χ3n) is 4.16. The van der Waals surface area contributed by atoms with Crippen LogP contribution in [0.2, 0.25) is 0 Å². The Morgan fingerprint density at radius 3 is 2.27 bits per heavy atom. The van der Waals surface area contributed by atoms with Crippen LogP contribution in [0.15, 0.2) is 61.2 Å². The number of amides is 1. The number of benzene rings is 2. The highest BCUT2D eigenvalue weighted by atomic mass is 16.5. The van der Waals surface area contributed by atoms with Gasteiger partial charge in [-0.3, -0.25) is 4.79 Å². The van der Waals surface area contributed by atoms with Crippen molar-refractivity contribution in [2.45, 2.75) is 13.0 Å². The molecule has 6 heteroatoms. The molecule has 134 valence electrons. The van der Waals surface area contributed by atoms with Gasteiger partial charge in [0.2, 0.25) is 0 Å². The third kappa shape index (κ3) is 3.85. The van der Waals surface area contributed by atoms with Crippen LogP contribution < -0.4 is 14.8 Å². The van der Waals surface area contributed by atoms with Gasteiger partial charge in [0.05, 0.1) is 26.6 Å². The summed E-state index contributed by atoms with van der Waals surface area (Å²) in [7, 11) is 3.11. The number of nitrogens with zero attached hydrogens (tertiary/aromatic N) is 2. The largest absolute Gasteiger partial charge is 0.497 e. The maximum absolute atomic E-state index is 12.6. The van der Waals surface area contributed by atoms with E-state index in [2.05, 4.69) is 10.3 Å². The SMILES string of the molecule is COc1cc(OC)cc(C(=O)NC(C)c2ccc(-n3ccnc3)cc2)c1. The van der Waals surface area contributed by atoms with Crippen LogP contribution >= 0.6 is 0 Å². The van der Waals surface area contributed by atoms with Crippen molar-refractivity contribution in [2.24, 2.45) is 0 Å². The molecule has 1 aromatic heterocycles. The molecule has 0 radical (unpaired) electrons. The number of nitrogens with one attached hydrogen (secondary N) is 1. The van der Waals surface area contributed by atoms with Crippen LogP contribution in [0.5, 0.6) is 11.5 Å². The molecule has 3 aromatic rings. The summed E-state index contributed by atoms with van der Waals surface area (Å²) in [5.74, 6) is 0.965. The molecule has 0 saturated heterocycles. The van der Waals surface area contributed by atoms with E-state index < -0.39 is 0 Å². The molecule has 0 bridgehead atoms. The summed E-state index contributed by atoms with van der Waals surface area (Å²) in [6.07, 6.45) is 5.37. The average molecular weight is 351 g/mol. The van der Waals surface area contributed by atoms with Gasteiger partial charge in [-0.1, -0.05) is 12.1 Å². The van der Waals surface area contributed by atoms with E-state index in [1.807, 2.05) is 42.0 Å². The molecule has 1 heterocycles. The van der Waals surface area contributed by atoms with Crippen LogP contribution in [-0.4, -0.2) is 29.7 Å². The van der Waals surface area contributed by atoms with Crippen molar-refractivity contribution >= 4 is 5.91 Å². The van der Waals surface area contributed by atoms with Crippen molar-refractivity contribution in [3.63, 3.8) is 0 Å². The van der Waals surface area contributed by atoms with Crippen LogP contribution in [0.25, 0.3) is 5.69 Å². The number of methoxy groups -OCH3 is 2. The predicted molar refractivity (Wildman–Crippen MR) is 99.0 cm³/mol. The summed E-state index contributed by atoms with van der Waals surface area (Å²) in [5.41, 5.74) is 2.52. The van der Waals surface area contributed by atoms with Gasteiger partial charge < -0.3 is 19.4 Å². The molecule has 0 aliphatic heterocycles. The normalized spacial score (nSPS) is 11.7. The smallest absolute Gasteiger partial charge is 0.252 e. The molecular weight excluding hydrogens is 330 g/mol. The standard InChI is InChI=1S/C20H21N3O3/c1-14(15-4-6-17(7-5-15)23-9-8-21-13-23)22-20(24)16-10-18(25-2)12-19(11-16)26-3/h4-14H,1-3H3,(H,22,24). The van der Waals surface area contributed by atoms with Gasteiger partial charge in [0.15, 0.2) is 0 Å². The molecule has 3 rings (SSSR count). The second kappa shape index (κ2) is 7.74. The molecule has 1 atom stereocenters. The first kappa shape index (κ1) is 17.5. The summed E-state index contributed by atoms with van der Waals surface area (Å²) < 4.78 is 12.4. The monoisotopic (exact) mass is 351 g/mol. The van der Waals surface area contributed by atoms with Crippen molar-refractivity contribution in [2.75, 3.05) is 14.2 Å². The van der Waals surface area contributed by atoms with Crippen molar-refractivity contribution in [1.29, 1.82) is 0 Å². The number of carbonyl (C=O) groups is 1. The number of hydrogen-bond acceptors (Lipinski definition) is 4. The van der Waals surface area contributed by atoms with Crippen LogP contribution in [0, 0.1) is 0 Å². The highest BCUT2D eigenvalue weighted by molar-refractivity contribution is 5.95. The van der Waals surface area contributed by atoms with Gasteiger partial charge in [0, 0.05) is 29.7 Å². The van der Waals surface area contributed by atoms with Gasteiger partial charge in [0.25, 0.3) is 5.91 Å². The number of carbonyl (C=O) groups excluding carboxylic acids is 1. The van der Waals surface area contributed by atoms with Gasteiger partial charge in [-0.05, 0) is 36.8 Å². The van der Waals surface area contributed by atoms with Gasteiger partial charge in [-0.25, -0.2) is 4.98 Å². The van der Waals surface area contributed by atoms with Gasteiger partial charge in [-0.15, -0.1) is 0 Å². The van der Waals surface area contributed by atoms with Crippen molar-refractivity contribution in [3.8, 4) is 17.2 Å². The van der Waals surface area contributed by atoms with Gasteiger partial charge >= 0.3 is 0 Å². The average Bonchev–Trinajstić information content (AvgIpc) is 3.22. The molecule has 1 unspecified atom stereocenters. The maximum atomic E-state index is 12.6. The number of imidazole rings is 1. The number of ether oxygens (including phenoxy) is 2. The Balaban J connectivity index is 1.73. The summed E-state index contributed by atoms with van der Waals surface area (Å²) in [6, 6.07) is 12.9. The lowest BCUT2D eigenvalue weighted by Crippen LogP contribution is -2.26. The fourth-order valence-electron chi connectivity index (χ4n) is 2.65. The first-order valence-corrected chi connectivity index (χ1v) is 8.23.